The molecule has 2 aliphatic rings. The van der Waals surface area contributed by atoms with Gasteiger partial charge in [0.15, 0.2) is 5.78 Å². The van der Waals surface area contributed by atoms with E-state index in [1.807, 2.05) is 19.1 Å². The second-order valence-corrected chi connectivity index (χ2v) is 6.88. The molecule has 1 saturated carbocycles. The third kappa shape index (κ3) is 3.21. The molecule has 4 amide bonds. The second kappa shape index (κ2) is 6.78. The molecule has 0 unspecified atom stereocenters. The monoisotopic (exact) mass is 342 g/mol. The number of aryl methyl sites for hydroxylation is 2. The van der Waals surface area contributed by atoms with Gasteiger partial charge in [-0.2, -0.15) is 0 Å². The Morgan fingerprint density at radius 1 is 1.04 bits per heavy atom. The van der Waals surface area contributed by atoms with Crippen molar-refractivity contribution in [3.8, 4) is 0 Å². The van der Waals surface area contributed by atoms with Crippen LogP contribution < -0.4 is 0 Å². The van der Waals surface area contributed by atoms with Crippen LogP contribution in [0.25, 0.3) is 0 Å². The largest absolute Gasteiger partial charge is 0.334 e. The number of carbonyl (C=O) groups excluding carboxylic acids is 4. The quantitative estimate of drug-likeness (QED) is 0.479. The number of urea groups is 1. The summed E-state index contributed by atoms with van der Waals surface area (Å²) in [6.07, 6.45) is 4.41. The Morgan fingerprint density at radius 2 is 1.72 bits per heavy atom. The van der Waals surface area contributed by atoms with E-state index in [2.05, 4.69) is 0 Å². The van der Waals surface area contributed by atoms with Crippen LogP contribution in [0.3, 0.4) is 0 Å². The van der Waals surface area contributed by atoms with Crippen molar-refractivity contribution in [2.45, 2.75) is 52.0 Å². The summed E-state index contributed by atoms with van der Waals surface area (Å²) < 4.78 is 0. The van der Waals surface area contributed by atoms with Gasteiger partial charge in [-0.25, -0.2) is 9.69 Å². The van der Waals surface area contributed by atoms with Gasteiger partial charge >= 0.3 is 17.8 Å². The zero-order valence-electron chi connectivity index (χ0n) is 14.6. The topological polar surface area (TPSA) is 74.8 Å². The zero-order valence-corrected chi connectivity index (χ0v) is 14.6. The molecule has 0 bridgehead atoms. The average molecular weight is 342 g/mol. The highest BCUT2D eigenvalue weighted by Gasteiger charge is 2.48. The van der Waals surface area contributed by atoms with Crippen LogP contribution in [0.2, 0.25) is 0 Å². The highest BCUT2D eigenvalue weighted by atomic mass is 16.2. The molecule has 1 aromatic rings. The van der Waals surface area contributed by atoms with Crippen LogP contribution in [0.5, 0.6) is 0 Å². The Kier molecular flexibility index (Phi) is 4.70. The van der Waals surface area contributed by atoms with Crippen LogP contribution in [0.4, 0.5) is 4.79 Å². The Labute approximate surface area is 146 Å². The fourth-order valence-corrected chi connectivity index (χ4v) is 3.59. The summed E-state index contributed by atoms with van der Waals surface area (Å²) in [6.45, 7) is 3.29. The fraction of sp³-hybridized carbons (Fsp3) is 0.474. The second-order valence-electron chi connectivity index (χ2n) is 6.88. The minimum atomic E-state index is -0.894. The minimum absolute atomic E-state index is 0.224. The first-order valence-electron chi connectivity index (χ1n) is 8.69. The van der Waals surface area contributed by atoms with Gasteiger partial charge in [-0.05, 0) is 38.3 Å². The van der Waals surface area contributed by atoms with Gasteiger partial charge in [0.25, 0.3) is 0 Å². The van der Waals surface area contributed by atoms with E-state index in [1.54, 1.807) is 13.0 Å². The molecule has 1 aromatic carbocycles. The number of benzene rings is 1. The van der Waals surface area contributed by atoms with Crippen LogP contribution in [0.1, 0.15) is 53.6 Å². The number of rotatable bonds is 4. The molecule has 1 aliphatic heterocycles. The summed E-state index contributed by atoms with van der Waals surface area (Å²) in [4.78, 5) is 51.6. The van der Waals surface area contributed by atoms with Gasteiger partial charge < -0.3 is 0 Å². The van der Waals surface area contributed by atoms with Crippen LogP contribution in [-0.2, 0) is 9.59 Å². The SMILES string of the molecule is Cc1ccc(C)c(C(=O)CN2C(=O)C(=O)N(C3CCCCC3)C2=O)c1. The maximum absolute atomic E-state index is 12.6. The summed E-state index contributed by atoms with van der Waals surface area (Å²) in [5.41, 5.74) is 2.18. The normalized spacial score (nSPS) is 19.0. The standard InChI is InChI=1S/C19H22N2O4/c1-12-8-9-13(2)15(10-12)16(22)11-20-17(23)18(24)21(19(20)25)14-6-4-3-5-7-14/h8-10,14H,3-7,11H2,1-2H3. The molecule has 2 fully saturated rings. The highest BCUT2D eigenvalue weighted by Crippen LogP contribution is 2.27. The fourth-order valence-electron chi connectivity index (χ4n) is 3.59. The maximum atomic E-state index is 12.6. The molecule has 0 atom stereocenters. The van der Waals surface area contributed by atoms with E-state index in [1.165, 1.54) is 0 Å². The molecule has 6 heteroatoms. The van der Waals surface area contributed by atoms with Gasteiger partial charge in [0.05, 0.1) is 6.54 Å². The Bertz CT molecular complexity index is 750. The van der Waals surface area contributed by atoms with E-state index in [-0.39, 0.29) is 11.8 Å². The summed E-state index contributed by atoms with van der Waals surface area (Å²) in [5, 5.41) is 0. The lowest BCUT2D eigenvalue weighted by Crippen LogP contribution is -2.43. The number of nitrogens with zero attached hydrogens (tertiary/aromatic N) is 2. The average Bonchev–Trinajstić information content (AvgIpc) is 2.81. The lowest BCUT2D eigenvalue weighted by molar-refractivity contribution is -0.144. The van der Waals surface area contributed by atoms with E-state index in [0.717, 1.165) is 53.0 Å². The molecular formula is C19H22N2O4. The van der Waals surface area contributed by atoms with E-state index < -0.39 is 24.4 Å². The number of imide groups is 2. The van der Waals surface area contributed by atoms with Crippen molar-refractivity contribution in [2.75, 3.05) is 6.54 Å². The maximum Gasteiger partial charge on any atom is 0.334 e. The summed E-state index contributed by atoms with van der Waals surface area (Å²) in [7, 11) is 0. The van der Waals surface area contributed by atoms with Gasteiger partial charge in [-0.3, -0.25) is 19.3 Å². The van der Waals surface area contributed by atoms with Crippen molar-refractivity contribution in [1.29, 1.82) is 0 Å². The molecule has 1 saturated heterocycles. The van der Waals surface area contributed by atoms with Gasteiger partial charge in [-0.15, -0.1) is 0 Å². The first-order chi connectivity index (χ1) is 11.9. The predicted molar refractivity (Wildman–Crippen MR) is 91.1 cm³/mol. The van der Waals surface area contributed by atoms with Crippen molar-refractivity contribution >= 4 is 23.6 Å². The van der Waals surface area contributed by atoms with E-state index in [0.29, 0.717) is 5.56 Å². The van der Waals surface area contributed by atoms with Crippen molar-refractivity contribution in [3.05, 3.63) is 34.9 Å². The van der Waals surface area contributed by atoms with Crippen LogP contribution in [0.15, 0.2) is 18.2 Å². The number of hydrogen-bond donors (Lipinski definition) is 0. The van der Waals surface area contributed by atoms with Crippen LogP contribution in [0, 0.1) is 13.8 Å². The molecule has 6 nitrogen and oxygen atoms in total. The molecular weight excluding hydrogens is 320 g/mol. The van der Waals surface area contributed by atoms with Gasteiger partial charge in [0.2, 0.25) is 0 Å². The molecule has 1 heterocycles. The summed E-state index contributed by atoms with van der Waals surface area (Å²) in [5.74, 6) is -2.03. The lowest BCUT2D eigenvalue weighted by atomic mass is 9.94. The van der Waals surface area contributed by atoms with E-state index >= 15 is 0 Å². The third-order valence-corrected chi connectivity index (χ3v) is 5.02. The minimum Gasteiger partial charge on any atom is -0.292 e. The number of amides is 4. The Hall–Kier alpha value is -2.50. The van der Waals surface area contributed by atoms with E-state index in [4.69, 9.17) is 0 Å². The lowest BCUT2D eigenvalue weighted by Gasteiger charge is -2.28. The zero-order chi connectivity index (χ0) is 18.1. The summed E-state index contributed by atoms with van der Waals surface area (Å²) >= 11 is 0. The highest BCUT2D eigenvalue weighted by molar-refractivity contribution is 6.45. The van der Waals surface area contributed by atoms with Crippen molar-refractivity contribution in [2.24, 2.45) is 0 Å². The number of carbonyl (C=O) groups is 4. The Balaban J connectivity index is 1.79. The number of Topliss-reactive ketones (excluding diaryl/α,β-unsaturated/α-hetero) is 1. The smallest absolute Gasteiger partial charge is 0.292 e. The van der Waals surface area contributed by atoms with Gasteiger partial charge in [0.1, 0.15) is 0 Å². The molecule has 25 heavy (non-hydrogen) atoms. The molecule has 0 radical (unpaired) electrons. The van der Waals surface area contributed by atoms with Crippen LogP contribution in [-0.4, -0.2) is 46.0 Å². The first kappa shape index (κ1) is 17.3. The van der Waals surface area contributed by atoms with Gasteiger partial charge in [-0.1, -0.05) is 37.0 Å². The number of ketones is 1. The van der Waals surface area contributed by atoms with Crippen molar-refractivity contribution < 1.29 is 19.2 Å². The molecule has 0 aromatic heterocycles. The van der Waals surface area contributed by atoms with Gasteiger partial charge in [0, 0.05) is 11.6 Å². The predicted octanol–water partition coefficient (Wildman–Crippen LogP) is 2.61. The molecule has 0 spiro atoms. The number of hydrogen-bond acceptors (Lipinski definition) is 4. The molecule has 0 N–H and O–H groups in total. The first-order valence-corrected chi connectivity index (χ1v) is 8.69. The molecule has 1 aliphatic carbocycles. The molecule has 132 valence electrons. The Morgan fingerprint density at radius 3 is 2.40 bits per heavy atom. The van der Waals surface area contributed by atoms with E-state index in [9.17, 15) is 19.2 Å². The van der Waals surface area contributed by atoms with Crippen molar-refractivity contribution in [1.82, 2.24) is 9.80 Å². The third-order valence-electron chi connectivity index (χ3n) is 5.02. The van der Waals surface area contributed by atoms with Crippen LogP contribution >= 0.6 is 0 Å². The molecule has 3 rings (SSSR count). The summed E-state index contributed by atoms with van der Waals surface area (Å²) in [6, 6.07) is 4.59. The van der Waals surface area contributed by atoms with Crippen molar-refractivity contribution in [3.63, 3.8) is 0 Å².